The Bertz CT molecular complexity index is 2020. The molecule has 3 heterocycles. The molecule has 2 atom stereocenters. The van der Waals surface area contributed by atoms with Crippen LogP contribution in [0.1, 0.15) is 16.7 Å². The Labute approximate surface area is 307 Å². The van der Waals surface area contributed by atoms with E-state index in [0.29, 0.717) is 32.0 Å². The van der Waals surface area contributed by atoms with Crippen LogP contribution >= 0.6 is 34.5 Å². The third kappa shape index (κ3) is 7.82. The number of fused-ring (bicyclic) bond motifs is 2. The quantitative estimate of drug-likeness (QED) is 0.172. The van der Waals surface area contributed by atoms with E-state index in [-0.39, 0.29) is 57.6 Å². The Morgan fingerprint density at radius 3 is 2.61 bits per heavy atom. The zero-order valence-electron chi connectivity index (χ0n) is 27.4. The van der Waals surface area contributed by atoms with Crippen molar-refractivity contribution in [1.82, 2.24) is 30.1 Å². The number of methoxy groups -OCH3 is 1. The molecule has 0 radical (unpaired) electrons. The minimum atomic E-state index is -0.908. The van der Waals surface area contributed by atoms with E-state index in [1.54, 1.807) is 52.4 Å². The number of piperazine rings is 1. The molecule has 0 saturated carbocycles. The van der Waals surface area contributed by atoms with Gasteiger partial charge in [0.2, 0.25) is 11.8 Å². The molecule has 2 fully saturated rings. The van der Waals surface area contributed by atoms with Gasteiger partial charge in [-0.2, -0.15) is 5.01 Å². The molecule has 51 heavy (non-hydrogen) atoms. The van der Waals surface area contributed by atoms with E-state index in [0.717, 1.165) is 15.8 Å². The zero-order chi connectivity index (χ0) is 36.2. The number of carbonyl (C=O) groups excluding carboxylic acids is 4. The number of nitrogen functional groups attached to an aromatic ring is 1. The Balaban J connectivity index is 1.28. The summed E-state index contributed by atoms with van der Waals surface area (Å²) in [6.45, 7) is -0.144. The molecule has 13 nitrogen and oxygen atoms in total. The Morgan fingerprint density at radius 2 is 1.88 bits per heavy atom. The number of halogens is 2. The van der Waals surface area contributed by atoms with Gasteiger partial charge in [0.15, 0.2) is 11.7 Å². The van der Waals surface area contributed by atoms with Crippen molar-refractivity contribution < 1.29 is 28.7 Å². The van der Waals surface area contributed by atoms with Crippen molar-refractivity contribution in [3.05, 3.63) is 87.4 Å². The Morgan fingerprint density at radius 1 is 1.12 bits per heavy atom. The number of benzene rings is 3. The number of rotatable bonds is 11. The molecule has 0 unspecified atom stereocenters. The first-order valence-corrected chi connectivity index (χ1v) is 17.3. The van der Waals surface area contributed by atoms with Crippen molar-refractivity contribution in [2.75, 3.05) is 39.1 Å². The van der Waals surface area contributed by atoms with Gasteiger partial charge in [-0.3, -0.25) is 9.59 Å². The molecule has 4 aromatic rings. The number of hydrogen-bond donors (Lipinski definition) is 2. The van der Waals surface area contributed by atoms with Gasteiger partial charge in [-0.25, -0.2) is 19.6 Å². The molecule has 2 aliphatic rings. The van der Waals surface area contributed by atoms with Crippen LogP contribution in [0.3, 0.4) is 0 Å². The van der Waals surface area contributed by atoms with Crippen LogP contribution in [0.15, 0.2) is 60.7 Å². The number of terminal acetylenes is 1. The fourth-order valence-corrected chi connectivity index (χ4v) is 7.28. The maximum absolute atomic E-state index is 14.3. The van der Waals surface area contributed by atoms with E-state index < -0.39 is 24.2 Å². The number of ether oxygens (including phenoxy) is 2. The second-order valence-electron chi connectivity index (χ2n) is 11.8. The van der Waals surface area contributed by atoms with Crippen LogP contribution in [-0.4, -0.2) is 94.2 Å². The van der Waals surface area contributed by atoms with Crippen molar-refractivity contribution >= 4 is 73.7 Å². The fraction of sp³-hybridized carbons (Fsp3) is 0.286. The van der Waals surface area contributed by atoms with E-state index in [1.165, 1.54) is 28.4 Å². The van der Waals surface area contributed by atoms with Gasteiger partial charge >= 0.3 is 12.0 Å². The molecule has 16 heteroatoms. The summed E-state index contributed by atoms with van der Waals surface area (Å²) in [4.78, 5) is 61.1. The number of para-hydroxylation sites is 1. The molecule has 3 aromatic carbocycles. The molecule has 264 valence electrons. The molecule has 4 amide bonds. The van der Waals surface area contributed by atoms with Crippen LogP contribution < -0.4 is 15.8 Å². The maximum atomic E-state index is 14.3. The minimum absolute atomic E-state index is 0.0958. The van der Waals surface area contributed by atoms with Crippen molar-refractivity contribution in [2.24, 2.45) is 0 Å². The molecule has 6 rings (SSSR count). The number of carbonyl (C=O) groups is 4. The van der Waals surface area contributed by atoms with Crippen molar-refractivity contribution in [3.63, 3.8) is 0 Å². The molecular formula is C35H33Cl2N7O6S. The zero-order valence-corrected chi connectivity index (χ0v) is 29.7. The fourth-order valence-electron chi connectivity index (χ4n) is 6.18. The van der Waals surface area contributed by atoms with E-state index in [1.807, 2.05) is 18.2 Å². The number of thiazole rings is 1. The van der Waals surface area contributed by atoms with Crippen LogP contribution in [0, 0.1) is 12.3 Å². The molecule has 0 aliphatic carbocycles. The number of nitrogens with zero attached hydrogens (tertiary/aromatic N) is 5. The summed E-state index contributed by atoms with van der Waals surface area (Å²) in [5.74, 6) is 1.85. The van der Waals surface area contributed by atoms with Crippen LogP contribution in [0.4, 0.5) is 9.93 Å². The van der Waals surface area contributed by atoms with Crippen LogP contribution in [0.25, 0.3) is 10.2 Å². The average molecular weight is 751 g/mol. The average Bonchev–Trinajstić information content (AvgIpc) is 3.67. The molecule has 2 aliphatic heterocycles. The topological polar surface area (TPSA) is 151 Å². The second kappa shape index (κ2) is 15.4. The van der Waals surface area contributed by atoms with E-state index in [9.17, 15) is 19.2 Å². The minimum Gasteiger partial charge on any atom is -0.482 e. The van der Waals surface area contributed by atoms with Crippen LogP contribution in [0.2, 0.25) is 10.0 Å². The first kappa shape index (κ1) is 35.7. The number of urea groups is 1. The SMILES string of the molecule is C#CCN(C(=O)NCc1ccc(Cl)c(Cl)c1)N1CC(=O)N2[C@@H](Cc3ccc(OCC(=O)OC)cc3)C(=O)N(Cc3cccc4sc(N)nc34)C[C@@H]21. The van der Waals surface area contributed by atoms with Crippen LogP contribution in [0.5, 0.6) is 5.75 Å². The second-order valence-corrected chi connectivity index (χ2v) is 13.7. The molecule has 0 spiro atoms. The summed E-state index contributed by atoms with van der Waals surface area (Å²) in [5.41, 5.74) is 8.98. The van der Waals surface area contributed by atoms with Gasteiger partial charge < -0.3 is 30.3 Å². The summed E-state index contributed by atoms with van der Waals surface area (Å²) < 4.78 is 11.0. The number of nitrogens with two attached hydrogens (primary N) is 1. The standard InChI is InChI=1S/C35H33Cl2N7O6S/c1-3-13-42(35(48)39-16-22-9-12-25(36)26(37)14-22)43-19-30(45)44-27(15-21-7-10-24(11-8-21)50-20-31(46)49-2)33(47)41(18-29(43)44)17-23-5-4-6-28-32(23)40-34(38)51-28/h1,4-12,14,27,29H,13,15-20H2,2H3,(H2,38,40)(H,39,48)/t27-,29+/m0/s1. The van der Waals surface area contributed by atoms with Gasteiger partial charge in [0.1, 0.15) is 18.0 Å². The number of hydrazine groups is 1. The molecule has 3 N–H and O–H groups in total. The first-order chi connectivity index (χ1) is 24.6. The lowest BCUT2D eigenvalue weighted by atomic mass is 9.99. The summed E-state index contributed by atoms with van der Waals surface area (Å²) in [6, 6.07) is 16.2. The van der Waals surface area contributed by atoms with Gasteiger partial charge in [0.25, 0.3) is 0 Å². The maximum Gasteiger partial charge on any atom is 0.343 e. The number of hydrogen-bond acceptors (Lipinski definition) is 10. The van der Waals surface area contributed by atoms with Crippen molar-refractivity contribution in [1.29, 1.82) is 0 Å². The number of esters is 1. The van der Waals surface area contributed by atoms with E-state index in [2.05, 4.69) is 21.0 Å². The third-order valence-electron chi connectivity index (χ3n) is 8.60. The lowest BCUT2D eigenvalue weighted by Crippen LogP contribution is -2.66. The van der Waals surface area contributed by atoms with Crippen molar-refractivity contribution in [2.45, 2.75) is 31.7 Å². The highest BCUT2D eigenvalue weighted by atomic mass is 35.5. The lowest BCUT2D eigenvalue weighted by Gasteiger charge is -2.46. The molecule has 0 bridgehead atoms. The van der Waals surface area contributed by atoms with Gasteiger partial charge in [0.05, 0.1) is 47.0 Å². The first-order valence-electron chi connectivity index (χ1n) is 15.8. The van der Waals surface area contributed by atoms with Gasteiger partial charge in [-0.05, 0) is 47.0 Å². The highest BCUT2D eigenvalue weighted by Gasteiger charge is 2.52. The molecule has 2 saturated heterocycles. The Kier molecular flexibility index (Phi) is 10.8. The predicted octanol–water partition coefficient (Wildman–Crippen LogP) is 3.92. The lowest BCUT2D eigenvalue weighted by molar-refractivity contribution is -0.157. The highest BCUT2D eigenvalue weighted by Crippen LogP contribution is 2.33. The number of nitrogens with one attached hydrogen (secondary N) is 1. The summed E-state index contributed by atoms with van der Waals surface area (Å²) >= 11 is 13.6. The molecular weight excluding hydrogens is 717 g/mol. The van der Waals surface area contributed by atoms with Gasteiger partial charge in [-0.15, -0.1) is 6.42 Å². The predicted molar refractivity (Wildman–Crippen MR) is 192 cm³/mol. The van der Waals surface area contributed by atoms with E-state index in [4.69, 9.17) is 40.1 Å². The number of aromatic nitrogens is 1. The summed E-state index contributed by atoms with van der Waals surface area (Å²) in [6.07, 6.45) is 5.19. The summed E-state index contributed by atoms with van der Waals surface area (Å²) in [5, 5.41) is 6.94. The molecule has 1 aromatic heterocycles. The van der Waals surface area contributed by atoms with Gasteiger partial charge in [-0.1, -0.05) is 70.8 Å². The van der Waals surface area contributed by atoms with E-state index >= 15 is 0 Å². The van der Waals surface area contributed by atoms with Crippen LogP contribution in [-0.2, 0) is 38.6 Å². The normalized spacial score (nSPS) is 17.3. The number of anilines is 1. The number of amides is 4. The summed E-state index contributed by atoms with van der Waals surface area (Å²) in [7, 11) is 1.27. The largest absolute Gasteiger partial charge is 0.482 e. The monoisotopic (exact) mass is 749 g/mol. The smallest absolute Gasteiger partial charge is 0.343 e. The third-order valence-corrected chi connectivity index (χ3v) is 10.2. The highest BCUT2D eigenvalue weighted by molar-refractivity contribution is 7.22. The van der Waals surface area contributed by atoms with Crippen molar-refractivity contribution in [3.8, 4) is 18.1 Å². The van der Waals surface area contributed by atoms with Gasteiger partial charge in [0, 0.05) is 19.5 Å². The Hall–Kier alpha value is -5.07.